The molecule has 0 aliphatic carbocycles. The summed E-state index contributed by atoms with van der Waals surface area (Å²) in [6.45, 7) is 8.48. The molecule has 0 amide bonds. The molecule has 1 N–H and O–H groups in total. The van der Waals surface area contributed by atoms with E-state index in [0.29, 0.717) is 12.6 Å². The molecule has 18 heavy (non-hydrogen) atoms. The first-order chi connectivity index (χ1) is 8.24. The van der Waals surface area contributed by atoms with Crippen LogP contribution in [0.5, 0.6) is 0 Å². The monoisotopic (exact) mass is 284 g/mol. The van der Waals surface area contributed by atoms with Crippen molar-refractivity contribution in [2.24, 2.45) is 0 Å². The Morgan fingerprint density at radius 3 is 2.61 bits per heavy atom. The Labute approximate surface area is 112 Å². The zero-order valence-electron chi connectivity index (χ0n) is 11.3. The molecule has 108 valence electrons. The van der Waals surface area contributed by atoms with Crippen LogP contribution in [0.3, 0.4) is 0 Å². The van der Waals surface area contributed by atoms with E-state index in [4.69, 9.17) is 0 Å². The molecule has 0 saturated carbocycles. The van der Waals surface area contributed by atoms with E-state index in [2.05, 4.69) is 31.0 Å². The number of nitrogens with zero attached hydrogens (tertiary/aromatic N) is 1. The highest BCUT2D eigenvalue weighted by molar-refractivity contribution is 8.00. The lowest BCUT2D eigenvalue weighted by Crippen LogP contribution is -2.62. The molecule has 2 nitrogen and oxygen atoms in total. The van der Waals surface area contributed by atoms with Gasteiger partial charge in [0.25, 0.3) is 0 Å². The van der Waals surface area contributed by atoms with E-state index < -0.39 is 5.51 Å². The Hall–Kier alpha value is 0.0600. The van der Waals surface area contributed by atoms with Crippen molar-refractivity contribution in [3.63, 3.8) is 0 Å². The summed E-state index contributed by atoms with van der Waals surface area (Å²) in [6, 6.07) is 0.416. The van der Waals surface area contributed by atoms with E-state index in [9.17, 15) is 13.2 Å². The minimum atomic E-state index is -4.11. The van der Waals surface area contributed by atoms with E-state index in [1.165, 1.54) is 0 Å². The van der Waals surface area contributed by atoms with E-state index in [1.54, 1.807) is 0 Å². The summed E-state index contributed by atoms with van der Waals surface area (Å²) >= 11 is 0.0805. The van der Waals surface area contributed by atoms with Crippen LogP contribution in [0.15, 0.2) is 0 Å². The smallest absolute Gasteiger partial charge is 0.311 e. The first-order valence-corrected chi connectivity index (χ1v) is 7.42. The summed E-state index contributed by atoms with van der Waals surface area (Å²) in [5.41, 5.74) is -4.17. The first kappa shape index (κ1) is 16.1. The fourth-order valence-corrected chi connectivity index (χ4v) is 2.83. The summed E-state index contributed by atoms with van der Waals surface area (Å²) in [5, 5.41) is 3.48. The van der Waals surface area contributed by atoms with Crippen molar-refractivity contribution in [3.05, 3.63) is 0 Å². The maximum Gasteiger partial charge on any atom is 0.441 e. The Morgan fingerprint density at radius 1 is 1.39 bits per heavy atom. The molecule has 1 unspecified atom stereocenters. The molecule has 1 atom stereocenters. The lowest BCUT2D eigenvalue weighted by Gasteiger charge is -2.46. The number of nitrogens with one attached hydrogen (secondary N) is 1. The highest BCUT2D eigenvalue weighted by atomic mass is 32.2. The first-order valence-electron chi connectivity index (χ1n) is 6.44. The van der Waals surface area contributed by atoms with Gasteiger partial charge in [-0.05, 0) is 32.0 Å². The number of thioether (sulfide) groups is 1. The normalized spacial score (nSPS) is 25.3. The second-order valence-corrected chi connectivity index (χ2v) is 6.58. The molecule has 1 aliphatic rings. The van der Waals surface area contributed by atoms with Crippen LogP contribution in [0.1, 0.15) is 33.6 Å². The molecular weight excluding hydrogens is 261 g/mol. The van der Waals surface area contributed by atoms with Crippen molar-refractivity contribution in [3.8, 4) is 0 Å². The molecular formula is C12H23F3N2S. The fourth-order valence-electron chi connectivity index (χ4n) is 2.29. The van der Waals surface area contributed by atoms with Crippen LogP contribution in [-0.4, -0.2) is 47.4 Å². The third-order valence-corrected chi connectivity index (χ3v) is 4.10. The number of hydrogen-bond acceptors (Lipinski definition) is 3. The Bertz CT molecular complexity index is 256. The standard InChI is InChI=1S/C12H23F3N2S/c1-4-5-10-8-17(11(2,3)9-16-10)6-7-18-12(13,14)15/h10,16H,4-9H2,1-3H3. The van der Waals surface area contributed by atoms with Gasteiger partial charge in [-0.15, -0.1) is 0 Å². The minimum absolute atomic E-state index is 0.0591. The highest BCUT2D eigenvalue weighted by Crippen LogP contribution is 2.30. The topological polar surface area (TPSA) is 15.3 Å². The lowest BCUT2D eigenvalue weighted by molar-refractivity contribution is -0.0331. The predicted molar refractivity (Wildman–Crippen MR) is 70.9 cm³/mol. The predicted octanol–water partition coefficient (Wildman–Crippen LogP) is 3.09. The molecule has 1 fully saturated rings. The molecule has 0 spiro atoms. The average molecular weight is 284 g/mol. The van der Waals surface area contributed by atoms with Gasteiger partial charge in [-0.3, -0.25) is 4.90 Å². The van der Waals surface area contributed by atoms with E-state index in [0.717, 1.165) is 25.9 Å². The van der Waals surface area contributed by atoms with Gasteiger partial charge in [0, 0.05) is 37.0 Å². The van der Waals surface area contributed by atoms with Gasteiger partial charge in [-0.1, -0.05) is 13.3 Å². The van der Waals surface area contributed by atoms with Gasteiger partial charge in [0.15, 0.2) is 0 Å². The summed E-state index contributed by atoms with van der Waals surface area (Å²) < 4.78 is 36.4. The number of rotatable bonds is 5. The molecule has 0 aromatic heterocycles. The minimum Gasteiger partial charge on any atom is -0.311 e. The number of alkyl halides is 3. The van der Waals surface area contributed by atoms with Gasteiger partial charge < -0.3 is 5.32 Å². The fraction of sp³-hybridized carbons (Fsp3) is 1.00. The molecule has 1 heterocycles. The average Bonchev–Trinajstić information content (AvgIpc) is 2.21. The van der Waals surface area contributed by atoms with Crippen molar-refractivity contribution in [1.29, 1.82) is 0 Å². The zero-order chi connectivity index (χ0) is 13.8. The third kappa shape index (κ3) is 5.36. The molecule has 0 bridgehead atoms. The molecule has 0 radical (unpaired) electrons. The molecule has 1 rings (SSSR count). The van der Waals surface area contributed by atoms with E-state index in [-0.39, 0.29) is 23.1 Å². The zero-order valence-corrected chi connectivity index (χ0v) is 12.1. The highest BCUT2D eigenvalue weighted by Gasteiger charge is 2.34. The van der Waals surface area contributed by atoms with Crippen molar-refractivity contribution in [2.45, 2.75) is 50.7 Å². The molecule has 1 aliphatic heterocycles. The van der Waals surface area contributed by atoms with Gasteiger partial charge >= 0.3 is 5.51 Å². The van der Waals surface area contributed by atoms with Gasteiger partial charge in [0.1, 0.15) is 0 Å². The second kappa shape index (κ2) is 6.48. The van der Waals surface area contributed by atoms with Crippen molar-refractivity contribution in [1.82, 2.24) is 10.2 Å². The molecule has 0 aromatic rings. The summed E-state index contributed by atoms with van der Waals surface area (Å²) in [5.74, 6) is 0.117. The molecule has 0 aromatic carbocycles. The Balaban J connectivity index is 2.43. The largest absolute Gasteiger partial charge is 0.441 e. The number of piperazine rings is 1. The van der Waals surface area contributed by atoms with Crippen LogP contribution in [-0.2, 0) is 0 Å². The third-order valence-electron chi connectivity index (χ3n) is 3.38. The number of halogens is 3. The lowest BCUT2D eigenvalue weighted by atomic mass is 9.96. The SMILES string of the molecule is CCCC1CN(CCSC(F)(F)F)C(C)(C)CN1. The van der Waals surface area contributed by atoms with Crippen LogP contribution in [0, 0.1) is 0 Å². The summed E-state index contributed by atoms with van der Waals surface area (Å²) in [7, 11) is 0. The summed E-state index contributed by atoms with van der Waals surface area (Å²) in [6.07, 6.45) is 2.18. The van der Waals surface area contributed by atoms with Crippen LogP contribution in [0.25, 0.3) is 0 Å². The summed E-state index contributed by atoms with van der Waals surface area (Å²) in [4.78, 5) is 2.18. The van der Waals surface area contributed by atoms with Gasteiger partial charge in [0.05, 0.1) is 0 Å². The maximum absolute atomic E-state index is 12.1. The van der Waals surface area contributed by atoms with E-state index in [1.807, 2.05) is 0 Å². The van der Waals surface area contributed by atoms with Crippen LogP contribution in [0.4, 0.5) is 13.2 Å². The second-order valence-electron chi connectivity index (χ2n) is 5.42. The quantitative estimate of drug-likeness (QED) is 0.835. The van der Waals surface area contributed by atoms with Crippen molar-refractivity contribution < 1.29 is 13.2 Å². The Kier molecular flexibility index (Phi) is 5.80. The molecule has 1 saturated heterocycles. The van der Waals surface area contributed by atoms with Gasteiger partial charge in [-0.25, -0.2) is 0 Å². The van der Waals surface area contributed by atoms with Gasteiger partial charge in [0.2, 0.25) is 0 Å². The van der Waals surface area contributed by atoms with Crippen molar-refractivity contribution >= 4 is 11.8 Å². The van der Waals surface area contributed by atoms with Gasteiger partial charge in [-0.2, -0.15) is 13.2 Å². The number of hydrogen-bond donors (Lipinski definition) is 1. The Morgan fingerprint density at radius 2 is 2.06 bits per heavy atom. The maximum atomic E-state index is 12.1. The van der Waals surface area contributed by atoms with Crippen LogP contribution < -0.4 is 5.32 Å². The van der Waals surface area contributed by atoms with Crippen LogP contribution in [0.2, 0.25) is 0 Å². The molecule has 6 heteroatoms. The van der Waals surface area contributed by atoms with Crippen molar-refractivity contribution in [2.75, 3.05) is 25.4 Å². The van der Waals surface area contributed by atoms with Crippen LogP contribution >= 0.6 is 11.8 Å². The van der Waals surface area contributed by atoms with E-state index >= 15 is 0 Å².